The maximum atomic E-state index is 13.3. The number of aromatic nitrogens is 1. The highest BCUT2D eigenvalue weighted by molar-refractivity contribution is 5.96. The van der Waals surface area contributed by atoms with Crippen LogP contribution >= 0.6 is 0 Å². The molecule has 132 valence electrons. The predicted molar refractivity (Wildman–Crippen MR) is 101 cm³/mol. The number of amides is 1. The lowest BCUT2D eigenvalue weighted by atomic mass is 9.92. The molecule has 1 aliphatic heterocycles. The van der Waals surface area contributed by atoms with Gasteiger partial charge in [-0.1, -0.05) is 37.6 Å². The fraction of sp³-hybridized carbons (Fsp3) is 0.429. The molecule has 1 amide bonds. The summed E-state index contributed by atoms with van der Waals surface area (Å²) in [5.74, 6) is 0.575. The van der Waals surface area contributed by atoms with Crippen molar-refractivity contribution in [3.63, 3.8) is 0 Å². The van der Waals surface area contributed by atoms with Crippen LogP contribution in [0.2, 0.25) is 0 Å². The molecule has 0 unspecified atom stereocenters. The van der Waals surface area contributed by atoms with Gasteiger partial charge in [0.05, 0.1) is 0 Å². The van der Waals surface area contributed by atoms with Crippen molar-refractivity contribution in [1.29, 1.82) is 0 Å². The average Bonchev–Trinajstić information content (AvgIpc) is 3.20. The zero-order valence-corrected chi connectivity index (χ0v) is 14.9. The van der Waals surface area contributed by atoms with E-state index in [1.807, 2.05) is 41.4 Å². The van der Waals surface area contributed by atoms with Crippen molar-refractivity contribution >= 4 is 5.91 Å². The minimum atomic E-state index is 0.139. The minimum Gasteiger partial charge on any atom is -0.334 e. The van der Waals surface area contributed by atoms with Crippen LogP contribution in [0.15, 0.2) is 48.8 Å². The van der Waals surface area contributed by atoms with Gasteiger partial charge in [0.15, 0.2) is 0 Å². The summed E-state index contributed by atoms with van der Waals surface area (Å²) < 4.78 is 0. The van der Waals surface area contributed by atoms with Crippen LogP contribution in [0.5, 0.6) is 0 Å². The van der Waals surface area contributed by atoms with Crippen LogP contribution in [0, 0.1) is 0 Å². The predicted octanol–water partition coefficient (Wildman–Crippen LogP) is 3.60. The standard InChI is InChI=1S/C21H27N3O/c1-2-3-13-24(16-17-7-6-11-22-14-17)21(25)20-9-5-4-8-19(20)18-10-12-23-15-18/h4-9,11,14,18,23H,2-3,10,12-13,15-16H2,1H3/t18-/m1/s1. The van der Waals surface area contributed by atoms with E-state index in [0.29, 0.717) is 12.5 Å². The molecule has 0 spiro atoms. The maximum absolute atomic E-state index is 13.3. The van der Waals surface area contributed by atoms with E-state index in [1.54, 1.807) is 6.20 Å². The molecule has 1 saturated heterocycles. The van der Waals surface area contributed by atoms with E-state index in [-0.39, 0.29) is 5.91 Å². The molecule has 3 rings (SSSR count). The Balaban J connectivity index is 1.84. The summed E-state index contributed by atoms with van der Waals surface area (Å²) >= 11 is 0. The van der Waals surface area contributed by atoms with E-state index >= 15 is 0 Å². The van der Waals surface area contributed by atoms with E-state index in [1.165, 1.54) is 5.56 Å². The number of hydrogen-bond acceptors (Lipinski definition) is 3. The largest absolute Gasteiger partial charge is 0.334 e. The van der Waals surface area contributed by atoms with Crippen LogP contribution in [-0.2, 0) is 6.54 Å². The molecule has 0 saturated carbocycles. The zero-order chi connectivity index (χ0) is 17.5. The van der Waals surface area contributed by atoms with Crippen molar-refractivity contribution in [3.05, 3.63) is 65.5 Å². The molecular weight excluding hydrogens is 310 g/mol. The van der Waals surface area contributed by atoms with E-state index in [0.717, 1.165) is 50.0 Å². The molecule has 0 aliphatic carbocycles. The van der Waals surface area contributed by atoms with Gasteiger partial charge in [-0.2, -0.15) is 0 Å². The summed E-state index contributed by atoms with van der Waals surface area (Å²) in [5, 5.41) is 3.41. The molecule has 1 aromatic heterocycles. The molecule has 4 heteroatoms. The number of benzene rings is 1. The first-order valence-corrected chi connectivity index (χ1v) is 9.27. The van der Waals surface area contributed by atoms with Crippen LogP contribution in [0.4, 0.5) is 0 Å². The first kappa shape index (κ1) is 17.6. The van der Waals surface area contributed by atoms with Crippen LogP contribution in [0.3, 0.4) is 0 Å². The lowest BCUT2D eigenvalue weighted by Crippen LogP contribution is -2.32. The average molecular weight is 337 g/mol. The Morgan fingerprint density at radius 1 is 1.28 bits per heavy atom. The lowest BCUT2D eigenvalue weighted by molar-refractivity contribution is 0.0739. The highest BCUT2D eigenvalue weighted by Crippen LogP contribution is 2.27. The number of carbonyl (C=O) groups excluding carboxylic acids is 1. The Morgan fingerprint density at radius 2 is 2.16 bits per heavy atom. The number of pyridine rings is 1. The van der Waals surface area contributed by atoms with Crippen molar-refractivity contribution in [2.45, 2.75) is 38.6 Å². The van der Waals surface area contributed by atoms with Gasteiger partial charge in [-0.25, -0.2) is 0 Å². The summed E-state index contributed by atoms with van der Waals surface area (Å²) in [6, 6.07) is 12.1. The van der Waals surface area contributed by atoms with Crippen molar-refractivity contribution < 1.29 is 4.79 Å². The third kappa shape index (κ3) is 4.45. The Bertz CT molecular complexity index is 681. The topological polar surface area (TPSA) is 45.2 Å². The molecular formula is C21H27N3O. The van der Waals surface area contributed by atoms with Crippen LogP contribution in [0.25, 0.3) is 0 Å². The smallest absolute Gasteiger partial charge is 0.254 e. The minimum absolute atomic E-state index is 0.139. The fourth-order valence-electron chi connectivity index (χ4n) is 3.45. The monoisotopic (exact) mass is 337 g/mol. The van der Waals surface area contributed by atoms with Gasteiger partial charge in [-0.05, 0) is 48.6 Å². The second-order valence-corrected chi connectivity index (χ2v) is 6.72. The Kier molecular flexibility index (Phi) is 6.18. The third-order valence-electron chi connectivity index (χ3n) is 4.86. The van der Waals surface area contributed by atoms with E-state index in [4.69, 9.17) is 0 Å². The van der Waals surface area contributed by atoms with Gasteiger partial charge in [-0.3, -0.25) is 9.78 Å². The molecule has 4 nitrogen and oxygen atoms in total. The Hall–Kier alpha value is -2.20. The highest BCUT2D eigenvalue weighted by Gasteiger charge is 2.24. The summed E-state index contributed by atoms with van der Waals surface area (Å²) in [5.41, 5.74) is 3.12. The summed E-state index contributed by atoms with van der Waals surface area (Å²) in [4.78, 5) is 19.5. The van der Waals surface area contributed by atoms with Crippen molar-refractivity contribution in [2.75, 3.05) is 19.6 Å². The van der Waals surface area contributed by atoms with Gasteiger partial charge in [-0.15, -0.1) is 0 Å². The fourth-order valence-corrected chi connectivity index (χ4v) is 3.45. The number of nitrogens with zero attached hydrogens (tertiary/aromatic N) is 2. The number of carbonyl (C=O) groups is 1. The van der Waals surface area contributed by atoms with Gasteiger partial charge in [0.1, 0.15) is 0 Å². The summed E-state index contributed by atoms with van der Waals surface area (Å²) in [6.07, 6.45) is 6.80. The Morgan fingerprint density at radius 3 is 2.88 bits per heavy atom. The molecule has 1 fully saturated rings. The van der Waals surface area contributed by atoms with Gasteiger partial charge in [0.25, 0.3) is 5.91 Å². The SMILES string of the molecule is CCCCN(Cc1cccnc1)C(=O)c1ccccc1[C@@H]1CCNC1. The first-order valence-electron chi connectivity index (χ1n) is 9.27. The maximum Gasteiger partial charge on any atom is 0.254 e. The second-order valence-electron chi connectivity index (χ2n) is 6.72. The highest BCUT2D eigenvalue weighted by atomic mass is 16.2. The zero-order valence-electron chi connectivity index (χ0n) is 14.9. The molecule has 1 aromatic carbocycles. The summed E-state index contributed by atoms with van der Waals surface area (Å²) in [6.45, 7) is 5.54. The van der Waals surface area contributed by atoms with E-state index in [2.05, 4.69) is 23.3 Å². The number of nitrogens with one attached hydrogen (secondary N) is 1. The molecule has 0 bridgehead atoms. The van der Waals surface area contributed by atoms with Crippen molar-refractivity contribution in [2.24, 2.45) is 0 Å². The number of hydrogen-bond donors (Lipinski definition) is 1. The molecule has 1 atom stereocenters. The second kappa shape index (κ2) is 8.77. The molecule has 25 heavy (non-hydrogen) atoms. The van der Waals surface area contributed by atoms with E-state index in [9.17, 15) is 4.79 Å². The first-order chi connectivity index (χ1) is 12.3. The molecule has 2 heterocycles. The quantitative estimate of drug-likeness (QED) is 0.839. The van der Waals surface area contributed by atoms with Crippen molar-refractivity contribution in [1.82, 2.24) is 15.2 Å². The van der Waals surface area contributed by atoms with Gasteiger partial charge in [0.2, 0.25) is 0 Å². The summed E-state index contributed by atoms with van der Waals surface area (Å²) in [7, 11) is 0. The third-order valence-corrected chi connectivity index (χ3v) is 4.86. The normalized spacial score (nSPS) is 16.8. The lowest BCUT2D eigenvalue weighted by Gasteiger charge is -2.25. The van der Waals surface area contributed by atoms with Gasteiger partial charge >= 0.3 is 0 Å². The van der Waals surface area contributed by atoms with Gasteiger partial charge in [0, 0.05) is 37.6 Å². The van der Waals surface area contributed by atoms with Gasteiger partial charge < -0.3 is 10.2 Å². The van der Waals surface area contributed by atoms with Crippen LogP contribution in [0.1, 0.15) is 53.6 Å². The Labute approximate surface area is 150 Å². The molecule has 2 aromatic rings. The molecule has 1 aliphatic rings. The number of rotatable bonds is 7. The van der Waals surface area contributed by atoms with Crippen LogP contribution in [-0.4, -0.2) is 35.4 Å². The van der Waals surface area contributed by atoms with Crippen molar-refractivity contribution in [3.8, 4) is 0 Å². The molecule has 1 N–H and O–H groups in total. The van der Waals surface area contributed by atoms with E-state index < -0.39 is 0 Å². The van der Waals surface area contributed by atoms with Crippen LogP contribution < -0.4 is 5.32 Å². The molecule has 0 radical (unpaired) electrons. The number of unbranched alkanes of at least 4 members (excludes halogenated alkanes) is 1.